The number of carbonyl (C=O) groups is 2. The van der Waals surface area contributed by atoms with Crippen LogP contribution >= 0.6 is 0 Å². The molecule has 1 aliphatic carbocycles. The van der Waals surface area contributed by atoms with Crippen LogP contribution in [-0.4, -0.2) is 33.0 Å². The number of Topliss-reactive ketones (excluding diaryl/α,β-unsaturated/α-hetero) is 1. The maximum absolute atomic E-state index is 11.7. The number of fused-ring (bicyclic) bond motifs is 3. The van der Waals surface area contributed by atoms with Gasteiger partial charge in [0.2, 0.25) is 0 Å². The van der Waals surface area contributed by atoms with Gasteiger partial charge >= 0.3 is 5.97 Å². The molecular weight excluding hydrogens is 234 g/mol. The molecule has 1 aliphatic rings. The van der Waals surface area contributed by atoms with Crippen molar-refractivity contribution < 1.29 is 14.3 Å². The lowest BCUT2D eigenvalue weighted by atomic mass is 10.2. The van der Waals surface area contributed by atoms with Crippen LogP contribution in [0.25, 0.3) is 5.65 Å². The largest absolute Gasteiger partial charge is 0.462 e. The van der Waals surface area contributed by atoms with Crippen LogP contribution in [0.15, 0.2) is 12.4 Å². The fourth-order valence-electron chi connectivity index (χ4n) is 2.17. The van der Waals surface area contributed by atoms with Crippen molar-refractivity contribution in [2.24, 2.45) is 0 Å². The van der Waals surface area contributed by atoms with E-state index in [1.165, 1.54) is 12.4 Å². The number of carbonyl (C=O) groups excluding carboxylic acids is 2. The molecule has 0 aliphatic heterocycles. The third-order valence-corrected chi connectivity index (χ3v) is 3.01. The molecule has 2 aromatic heterocycles. The van der Waals surface area contributed by atoms with Gasteiger partial charge in [-0.25, -0.2) is 14.3 Å². The minimum absolute atomic E-state index is 0.0765. The standard InChI is InChI=1S/C12H11N3O3/c1-2-18-12(17)8-6-14-15-9-3-4-10(16)7(9)5-13-11(8)15/h5-6H,2-4H2,1H3. The molecule has 2 aromatic rings. The van der Waals surface area contributed by atoms with Gasteiger partial charge in [-0.3, -0.25) is 4.79 Å². The monoisotopic (exact) mass is 245 g/mol. The zero-order valence-corrected chi connectivity index (χ0v) is 9.84. The zero-order chi connectivity index (χ0) is 12.7. The molecule has 0 unspecified atom stereocenters. The number of aromatic nitrogens is 3. The minimum Gasteiger partial charge on any atom is -0.462 e. The SMILES string of the molecule is CCOC(=O)c1cnn2c3c(cnc12)C(=O)CC3. The highest BCUT2D eigenvalue weighted by atomic mass is 16.5. The van der Waals surface area contributed by atoms with Gasteiger partial charge in [0.25, 0.3) is 0 Å². The molecule has 0 fully saturated rings. The average Bonchev–Trinajstić information content (AvgIpc) is 2.93. The Kier molecular flexibility index (Phi) is 2.36. The minimum atomic E-state index is -0.440. The second kappa shape index (κ2) is 3.90. The van der Waals surface area contributed by atoms with Crippen LogP contribution in [0.1, 0.15) is 39.8 Å². The lowest BCUT2D eigenvalue weighted by molar-refractivity contribution is 0.0528. The number of hydrogen-bond acceptors (Lipinski definition) is 5. The number of hydrogen-bond donors (Lipinski definition) is 0. The van der Waals surface area contributed by atoms with Crippen LogP contribution in [0.4, 0.5) is 0 Å². The van der Waals surface area contributed by atoms with Crippen molar-refractivity contribution in [3.63, 3.8) is 0 Å². The maximum atomic E-state index is 11.7. The maximum Gasteiger partial charge on any atom is 0.343 e. The second-order valence-electron chi connectivity index (χ2n) is 4.06. The third kappa shape index (κ3) is 1.42. The van der Waals surface area contributed by atoms with Crippen LogP contribution in [0, 0.1) is 0 Å². The van der Waals surface area contributed by atoms with Crippen molar-refractivity contribution in [1.82, 2.24) is 14.6 Å². The van der Waals surface area contributed by atoms with Crippen LogP contribution in [-0.2, 0) is 11.2 Å². The predicted molar refractivity (Wildman–Crippen MR) is 61.6 cm³/mol. The van der Waals surface area contributed by atoms with E-state index in [1.54, 1.807) is 11.4 Å². The van der Waals surface area contributed by atoms with Crippen molar-refractivity contribution >= 4 is 17.4 Å². The van der Waals surface area contributed by atoms with E-state index in [0.29, 0.717) is 36.2 Å². The van der Waals surface area contributed by atoms with Crippen LogP contribution in [0.5, 0.6) is 0 Å². The summed E-state index contributed by atoms with van der Waals surface area (Å²) in [5.41, 5.74) is 2.20. The highest BCUT2D eigenvalue weighted by Gasteiger charge is 2.25. The first-order valence-electron chi connectivity index (χ1n) is 5.78. The molecule has 6 nitrogen and oxygen atoms in total. The summed E-state index contributed by atoms with van der Waals surface area (Å²) < 4.78 is 6.50. The molecule has 3 rings (SSSR count). The van der Waals surface area contributed by atoms with Gasteiger partial charge in [0.1, 0.15) is 5.56 Å². The lowest BCUT2D eigenvalue weighted by Crippen LogP contribution is -2.06. The van der Waals surface area contributed by atoms with E-state index in [9.17, 15) is 9.59 Å². The average molecular weight is 245 g/mol. The Balaban J connectivity index is 2.17. The summed E-state index contributed by atoms with van der Waals surface area (Å²) in [6, 6.07) is 0. The van der Waals surface area contributed by atoms with Gasteiger partial charge in [-0.05, 0) is 13.3 Å². The summed E-state index contributed by atoms with van der Waals surface area (Å²) in [4.78, 5) is 27.4. The van der Waals surface area contributed by atoms with Crippen LogP contribution < -0.4 is 0 Å². The second-order valence-corrected chi connectivity index (χ2v) is 4.06. The molecule has 0 aromatic carbocycles. The van der Waals surface area contributed by atoms with E-state index < -0.39 is 5.97 Å². The summed E-state index contributed by atoms with van der Waals surface area (Å²) in [6.45, 7) is 2.05. The van der Waals surface area contributed by atoms with E-state index in [1.807, 2.05) is 0 Å². The summed E-state index contributed by atoms with van der Waals surface area (Å²) in [6.07, 6.45) is 4.07. The quantitative estimate of drug-likeness (QED) is 0.739. The highest BCUT2D eigenvalue weighted by Crippen LogP contribution is 2.23. The summed E-state index contributed by atoms with van der Waals surface area (Å²) in [7, 11) is 0. The van der Waals surface area contributed by atoms with Gasteiger partial charge < -0.3 is 4.74 Å². The van der Waals surface area contributed by atoms with E-state index in [2.05, 4.69) is 10.1 Å². The highest BCUT2D eigenvalue weighted by molar-refractivity contribution is 6.01. The van der Waals surface area contributed by atoms with E-state index in [0.717, 1.165) is 5.69 Å². The molecule has 6 heteroatoms. The Morgan fingerprint density at radius 3 is 3.06 bits per heavy atom. The molecule has 0 atom stereocenters. The summed E-state index contributed by atoms with van der Waals surface area (Å²) in [5.74, 6) is -0.364. The molecule has 0 saturated heterocycles. The molecular formula is C12H11N3O3. The van der Waals surface area contributed by atoms with Gasteiger partial charge in [0, 0.05) is 12.6 Å². The van der Waals surface area contributed by atoms with E-state index in [4.69, 9.17) is 4.74 Å². The van der Waals surface area contributed by atoms with E-state index in [-0.39, 0.29) is 5.78 Å². The fraction of sp³-hybridized carbons (Fsp3) is 0.333. The molecule has 0 saturated carbocycles. The first-order valence-corrected chi connectivity index (χ1v) is 5.78. The van der Waals surface area contributed by atoms with Gasteiger partial charge in [-0.1, -0.05) is 0 Å². The summed E-state index contributed by atoms with van der Waals surface area (Å²) in [5, 5.41) is 4.13. The van der Waals surface area contributed by atoms with Gasteiger partial charge in [0.05, 0.1) is 24.1 Å². The van der Waals surface area contributed by atoms with Gasteiger partial charge in [-0.15, -0.1) is 0 Å². The molecule has 2 heterocycles. The molecule has 0 amide bonds. The normalized spacial score (nSPS) is 13.9. The molecule has 0 bridgehead atoms. The summed E-state index contributed by atoms with van der Waals surface area (Å²) >= 11 is 0. The van der Waals surface area contributed by atoms with Crippen molar-refractivity contribution in [2.75, 3.05) is 6.61 Å². The first kappa shape index (κ1) is 10.9. The predicted octanol–water partition coefficient (Wildman–Crippen LogP) is 1.03. The molecule has 92 valence electrons. The van der Waals surface area contributed by atoms with Gasteiger partial charge in [0.15, 0.2) is 11.4 Å². The lowest BCUT2D eigenvalue weighted by Gasteiger charge is -2.02. The Morgan fingerprint density at radius 1 is 1.44 bits per heavy atom. The smallest absolute Gasteiger partial charge is 0.343 e. The Labute approximate surface area is 103 Å². The van der Waals surface area contributed by atoms with Crippen LogP contribution in [0.3, 0.4) is 0 Å². The Morgan fingerprint density at radius 2 is 2.28 bits per heavy atom. The Hall–Kier alpha value is -2.24. The topological polar surface area (TPSA) is 73.6 Å². The third-order valence-electron chi connectivity index (χ3n) is 3.01. The number of aryl methyl sites for hydroxylation is 1. The number of ketones is 1. The zero-order valence-electron chi connectivity index (χ0n) is 9.84. The first-order chi connectivity index (χ1) is 8.72. The van der Waals surface area contributed by atoms with E-state index >= 15 is 0 Å². The van der Waals surface area contributed by atoms with Crippen molar-refractivity contribution in [3.8, 4) is 0 Å². The Bertz CT molecular complexity index is 660. The number of ether oxygens (including phenoxy) is 1. The number of esters is 1. The molecule has 0 N–H and O–H groups in total. The van der Waals surface area contributed by atoms with Crippen molar-refractivity contribution in [1.29, 1.82) is 0 Å². The number of nitrogens with zero attached hydrogens (tertiary/aromatic N) is 3. The van der Waals surface area contributed by atoms with Crippen molar-refractivity contribution in [2.45, 2.75) is 19.8 Å². The van der Waals surface area contributed by atoms with Gasteiger partial charge in [-0.2, -0.15) is 5.10 Å². The molecule has 0 radical (unpaired) electrons. The van der Waals surface area contributed by atoms with Crippen molar-refractivity contribution in [3.05, 3.63) is 29.2 Å². The molecule has 18 heavy (non-hydrogen) atoms. The number of rotatable bonds is 2. The molecule has 0 spiro atoms. The fourth-order valence-corrected chi connectivity index (χ4v) is 2.17. The van der Waals surface area contributed by atoms with Crippen LogP contribution in [0.2, 0.25) is 0 Å².